The molecule has 4 nitrogen and oxygen atoms in total. The Morgan fingerprint density at radius 1 is 1.35 bits per heavy atom. The number of hydrogen-bond acceptors (Lipinski definition) is 3. The third-order valence-electron chi connectivity index (χ3n) is 3.74. The van der Waals surface area contributed by atoms with Gasteiger partial charge >= 0.3 is 0 Å². The first kappa shape index (κ1) is 15.3. The Morgan fingerprint density at radius 2 is 2.00 bits per heavy atom. The van der Waals surface area contributed by atoms with Crippen LogP contribution in [0.4, 0.5) is 0 Å². The van der Waals surface area contributed by atoms with Gasteiger partial charge in [0.2, 0.25) is 0 Å². The molecule has 1 saturated heterocycles. The van der Waals surface area contributed by atoms with Gasteiger partial charge in [0.15, 0.2) is 0 Å². The quantitative estimate of drug-likeness (QED) is 0.789. The zero-order valence-corrected chi connectivity index (χ0v) is 13.3. The van der Waals surface area contributed by atoms with Crippen LogP contribution in [0.3, 0.4) is 0 Å². The van der Waals surface area contributed by atoms with E-state index in [2.05, 4.69) is 6.92 Å². The molecule has 0 radical (unpaired) electrons. The molecule has 0 saturated carbocycles. The number of nitrogens with zero attached hydrogens (tertiary/aromatic N) is 1. The maximum absolute atomic E-state index is 12.5. The van der Waals surface area contributed by atoms with Gasteiger partial charge in [-0.3, -0.25) is 4.79 Å². The van der Waals surface area contributed by atoms with Crippen LogP contribution in [0.25, 0.3) is 0 Å². The molecule has 1 aliphatic rings. The molecule has 0 aromatic heterocycles. The summed E-state index contributed by atoms with van der Waals surface area (Å²) in [6, 6.07) is 4.82. The summed E-state index contributed by atoms with van der Waals surface area (Å²) in [6.07, 6.45) is 0.970. The van der Waals surface area contributed by atoms with Crippen molar-refractivity contribution < 1.29 is 13.2 Å². The van der Waals surface area contributed by atoms with E-state index in [4.69, 9.17) is 10.7 Å². The number of likely N-dealkylation sites (tertiary alicyclic amines) is 1. The van der Waals surface area contributed by atoms with Crippen molar-refractivity contribution in [2.24, 2.45) is 5.92 Å². The molecular weight excluding hydrogens is 298 g/mol. The maximum atomic E-state index is 12.5. The average Bonchev–Trinajstić information content (AvgIpc) is 2.66. The number of hydrogen-bond donors (Lipinski definition) is 0. The normalized spacial score (nSPS) is 23.1. The van der Waals surface area contributed by atoms with Crippen molar-refractivity contribution >= 4 is 25.6 Å². The molecule has 1 aliphatic heterocycles. The molecule has 0 spiro atoms. The fraction of sp³-hybridized carbons (Fsp3) is 0.500. The number of carbonyl (C=O) groups excluding carboxylic acids is 1. The Bertz CT molecular complexity index is 642. The third-order valence-corrected chi connectivity index (χ3v) is 5.21. The molecule has 1 amide bonds. The lowest BCUT2D eigenvalue weighted by Crippen LogP contribution is -2.34. The third kappa shape index (κ3) is 2.99. The first-order valence-electron chi connectivity index (χ1n) is 6.56. The second-order valence-electron chi connectivity index (χ2n) is 5.57. The number of aryl methyl sites for hydroxylation is 1. The highest BCUT2D eigenvalue weighted by atomic mass is 35.7. The summed E-state index contributed by atoms with van der Waals surface area (Å²) in [5.74, 6) is 0.332. The van der Waals surface area contributed by atoms with Crippen molar-refractivity contribution in [1.82, 2.24) is 4.90 Å². The van der Waals surface area contributed by atoms with E-state index in [1.165, 1.54) is 6.07 Å². The van der Waals surface area contributed by atoms with Gasteiger partial charge in [-0.15, -0.1) is 0 Å². The Morgan fingerprint density at radius 3 is 2.50 bits per heavy atom. The van der Waals surface area contributed by atoms with Gasteiger partial charge in [-0.1, -0.05) is 13.0 Å². The fourth-order valence-electron chi connectivity index (χ4n) is 2.74. The van der Waals surface area contributed by atoms with E-state index in [-0.39, 0.29) is 16.8 Å². The Hall–Kier alpha value is -1.07. The smallest absolute Gasteiger partial charge is 0.261 e. The minimum Gasteiger partial charge on any atom is -0.336 e. The van der Waals surface area contributed by atoms with Gasteiger partial charge in [-0.2, -0.15) is 0 Å². The molecule has 2 rings (SSSR count). The molecule has 1 fully saturated rings. The summed E-state index contributed by atoms with van der Waals surface area (Å²) >= 11 is 0. The Labute approximate surface area is 124 Å². The van der Waals surface area contributed by atoms with Crippen LogP contribution in [0, 0.1) is 12.8 Å². The van der Waals surface area contributed by atoms with Gasteiger partial charge in [0.25, 0.3) is 15.0 Å². The van der Waals surface area contributed by atoms with Gasteiger partial charge in [0.1, 0.15) is 0 Å². The SMILES string of the molecule is Cc1ccc(C(=O)N2CC(C)CC2C)cc1S(=O)(=O)Cl. The first-order chi connectivity index (χ1) is 9.20. The summed E-state index contributed by atoms with van der Waals surface area (Å²) in [6.45, 7) is 6.48. The van der Waals surface area contributed by atoms with Crippen LogP contribution in [0.15, 0.2) is 23.1 Å². The number of rotatable bonds is 2. The predicted molar refractivity (Wildman–Crippen MR) is 78.5 cm³/mol. The van der Waals surface area contributed by atoms with Crippen molar-refractivity contribution in [3.8, 4) is 0 Å². The lowest BCUT2D eigenvalue weighted by molar-refractivity contribution is 0.0743. The lowest BCUT2D eigenvalue weighted by atomic mass is 10.1. The van der Waals surface area contributed by atoms with Crippen LogP contribution < -0.4 is 0 Å². The minimum absolute atomic E-state index is 0.00455. The van der Waals surface area contributed by atoms with Crippen molar-refractivity contribution in [3.05, 3.63) is 29.3 Å². The monoisotopic (exact) mass is 315 g/mol. The minimum atomic E-state index is -3.84. The fourth-order valence-corrected chi connectivity index (χ4v) is 3.96. The van der Waals surface area contributed by atoms with Gasteiger partial charge in [-0.05, 0) is 43.9 Å². The summed E-state index contributed by atoms with van der Waals surface area (Å²) in [5.41, 5.74) is 0.912. The van der Waals surface area contributed by atoms with Crippen molar-refractivity contribution in [1.29, 1.82) is 0 Å². The van der Waals surface area contributed by atoms with Crippen LogP contribution in [0.1, 0.15) is 36.2 Å². The zero-order chi connectivity index (χ0) is 15.1. The molecule has 1 heterocycles. The highest BCUT2D eigenvalue weighted by Gasteiger charge is 2.31. The van der Waals surface area contributed by atoms with Crippen LogP contribution in [-0.4, -0.2) is 31.8 Å². The van der Waals surface area contributed by atoms with E-state index < -0.39 is 9.05 Å². The van der Waals surface area contributed by atoms with E-state index in [0.717, 1.165) is 6.42 Å². The van der Waals surface area contributed by atoms with E-state index in [1.54, 1.807) is 24.0 Å². The summed E-state index contributed by atoms with van der Waals surface area (Å²) in [4.78, 5) is 14.3. The standard InChI is InChI=1S/C14H18ClNO3S/c1-9-6-11(3)16(8-9)14(17)12-5-4-10(2)13(7-12)20(15,18)19/h4-5,7,9,11H,6,8H2,1-3H3. The second-order valence-corrected chi connectivity index (χ2v) is 8.10. The van der Waals surface area contributed by atoms with Crippen molar-refractivity contribution in [2.45, 2.75) is 38.1 Å². The highest BCUT2D eigenvalue weighted by Crippen LogP contribution is 2.26. The van der Waals surface area contributed by atoms with E-state index in [9.17, 15) is 13.2 Å². The van der Waals surface area contributed by atoms with Crippen molar-refractivity contribution in [3.63, 3.8) is 0 Å². The molecule has 20 heavy (non-hydrogen) atoms. The summed E-state index contributed by atoms with van der Waals surface area (Å²) in [7, 11) is 1.56. The topological polar surface area (TPSA) is 54.5 Å². The molecule has 0 N–H and O–H groups in total. The van der Waals surface area contributed by atoms with Crippen LogP contribution in [-0.2, 0) is 9.05 Å². The zero-order valence-electron chi connectivity index (χ0n) is 11.8. The van der Waals surface area contributed by atoms with Crippen LogP contribution in [0.5, 0.6) is 0 Å². The molecular formula is C14H18ClNO3S. The van der Waals surface area contributed by atoms with E-state index >= 15 is 0 Å². The molecule has 2 atom stereocenters. The van der Waals surface area contributed by atoms with E-state index in [0.29, 0.717) is 23.6 Å². The van der Waals surface area contributed by atoms with E-state index in [1.807, 2.05) is 6.92 Å². The first-order valence-corrected chi connectivity index (χ1v) is 8.87. The predicted octanol–water partition coefficient (Wildman–Crippen LogP) is 2.79. The summed E-state index contributed by atoms with van der Waals surface area (Å²) in [5, 5.41) is 0. The molecule has 2 unspecified atom stereocenters. The molecule has 0 bridgehead atoms. The number of halogens is 1. The van der Waals surface area contributed by atoms with Crippen LogP contribution in [0.2, 0.25) is 0 Å². The number of amides is 1. The van der Waals surface area contributed by atoms with Gasteiger partial charge < -0.3 is 4.90 Å². The second kappa shape index (κ2) is 5.37. The maximum Gasteiger partial charge on any atom is 0.261 e. The van der Waals surface area contributed by atoms with Crippen LogP contribution >= 0.6 is 10.7 Å². The highest BCUT2D eigenvalue weighted by molar-refractivity contribution is 8.13. The Kier molecular flexibility index (Phi) is 4.12. The largest absolute Gasteiger partial charge is 0.336 e. The van der Waals surface area contributed by atoms with Gasteiger partial charge in [-0.25, -0.2) is 8.42 Å². The molecule has 110 valence electrons. The lowest BCUT2D eigenvalue weighted by Gasteiger charge is -2.22. The van der Waals surface area contributed by atoms with Gasteiger partial charge in [0, 0.05) is 28.8 Å². The average molecular weight is 316 g/mol. The summed E-state index contributed by atoms with van der Waals surface area (Å²) < 4.78 is 23.0. The molecule has 6 heteroatoms. The molecule has 1 aromatic rings. The molecule has 0 aliphatic carbocycles. The number of benzene rings is 1. The van der Waals surface area contributed by atoms with Gasteiger partial charge in [0.05, 0.1) is 4.90 Å². The van der Waals surface area contributed by atoms with Crippen molar-refractivity contribution in [2.75, 3.05) is 6.54 Å². The molecule has 1 aromatic carbocycles. The number of carbonyl (C=O) groups is 1. The Balaban J connectivity index is 2.37.